The number of hydrogen-bond acceptors (Lipinski definition) is 3. The number of carbonyl (C=O) groups excluding carboxylic acids is 1. The molecule has 2 unspecified atom stereocenters. The van der Waals surface area contributed by atoms with Crippen LogP contribution in [0.5, 0.6) is 0 Å². The minimum atomic E-state index is -0.181. The summed E-state index contributed by atoms with van der Waals surface area (Å²) >= 11 is 0. The van der Waals surface area contributed by atoms with Crippen molar-refractivity contribution in [3.63, 3.8) is 0 Å². The van der Waals surface area contributed by atoms with Gasteiger partial charge in [0, 0.05) is 6.04 Å². The Labute approximate surface area is 122 Å². The largest absolute Gasteiger partial charge is 0.467 e. The van der Waals surface area contributed by atoms with E-state index in [0.29, 0.717) is 12.6 Å². The van der Waals surface area contributed by atoms with Gasteiger partial charge in [-0.25, -0.2) is 0 Å². The number of hydrogen-bond donors (Lipinski definition) is 2. The Morgan fingerprint density at radius 1 is 1.25 bits per heavy atom. The van der Waals surface area contributed by atoms with Crippen molar-refractivity contribution in [3.05, 3.63) is 24.2 Å². The van der Waals surface area contributed by atoms with Crippen LogP contribution in [0.2, 0.25) is 0 Å². The van der Waals surface area contributed by atoms with Crippen molar-refractivity contribution in [2.75, 3.05) is 0 Å². The topological polar surface area (TPSA) is 54.3 Å². The zero-order valence-electron chi connectivity index (χ0n) is 13.1. The Kier molecular flexibility index (Phi) is 7.37. The van der Waals surface area contributed by atoms with Crippen LogP contribution < -0.4 is 10.6 Å². The number of nitrogens with one attached hydrogen (secondary N) is 2. The SMILES string of the molecule is CC(C)CCCC(C)NC(C)C(=O)NCc1ccco1. The molecule has 1 amide bonds. The van der Waals surface area contributed by atoms with Gasteiger partial charge >= 0.3 is 0 Å². The highest BCUT2D eigenvalue weighted by Crippen LogP contribution is 2.08. The Balaban J connectivity index is 2.19. The Hall–Kier alpha value is -1.29. The lowest BCUT2D eigenvalue weighted by Crippen LogP contribution is -2.45. The van der Waals surface area contributed by atoms with Gasteiger partial charge in [-0.1, -0.05) is 26.7 Å². The third-order valence-corrected chi connectivity index (χ3v) is 3.36. The molecule has 0 radical (unpaired) electrons. The lowest BCUT2D eigenvalue weighted by atomic mass is 10.0. The molecule has 20 heavy (non-hydrogen) atoms. The summed E-state index contributed by atoms with van der Waals surface area (Å²) in [5.41, 5.74) is 0. The van der Waals surface area contributed by atoms with Gasteiger partial charge in [0.2, 0.25) is 5.91 Å². The molecule has 114 valence electrons. The third kappa shape index (κ3) is 6.75. The van der Waals surface area contributed by atoms with E-state index in [4.69, 9.17) is 4.42 Å². The summed E-state index contributed by atoms with van der Waals surface area (Å²) in [4.78, 5) is 11.9. The van der Waals surface area contributed by atoms with E-state index in [9.17, 15) is 4.79 Å². The van der Waals surface area contributed by atoms with E-state index in [1.807, 2.05) is 19.1 Å². The van der Waals surface area contributed by atoms with Crippen LogP contribution in [0.25, 0.3) is 0 Å². The normalized spacial score (nSPS) is 14.2. The minimum absolute atomic E-state index is 0.0112. The van der Waals surface area contributed by atoms with Crippen LogP contribution in [0.1, 0.15) is 52.7 Å². The van der Waals surface area contributed by atoms with Gasteiger partial charge < -0.3 is 15.1 Å². The molecule has 2 atom stereocenters. The molecule has 0 spiro atoms. The van der Waals surface area contributed by atoms with Crippen LogP contribution in [0.15, 0.2) is 22.8 Å². The predicted molar refractivity (Wildman–Crippen MR) is 81.3 cm³/mol. The Morgan fingerprint density at radius 3 is 2.60 bits per heavy atom. The summed E-state index contributed by atoms with van der Waals surface area (Å²) in [6.45, 7) is 8.96. The van der Waals surface area contributed by atoms with Crippen molar-refractivity contribution >= 4 is 5.91 Å². The maximum absolute atomic E-state index is 11.9. The van der Waals surface area contributed by atoms with Gasteiger partial charge in [-0.2, -0.15) is 0 Å². The molecular formula is C16H28N2O2. The van der Waals surface area contributed by atoms with Gasteiger partial charge in [0.15, 0.2) is 0 Å². The standard InChI is InChI=1S/C16H28N2O2/c1-12(2)7-5-8-13(3)18-14(4)16(19)17-11-15-9-6-10-20-15/h6,9-10,12-14,18H,5,7-8,11H2,1-4H3,(H,17,19). The van der Waals surface area contributed by atoms with Crippen molar-refractivity contribution in [1.29, 1.82) is 0 Å². The number of rotatable bonds is 9. The van der Waals surface area contributed by atoms with Gasteiger partial charge in [0.25, 0.3) is 0 Å². The summed E-state index contributed by atoms with van der Waals surface area (Å²) in [5, 5.41) is 6.21. The molecule has 0 saturated carbocycles. The molecule has 2 N–H and O–H groups in total. The molecule has 0 aliphatic carbocycles. The summed E-state index contributed by atoms with van der Waals surface area (Å²) in [6, 6.07) is 3.85. The fourth-order valence-corrected chi connectivity index (χ4v) is 2.16. The zero-order chi connectivity index (χ0) is 15.0. The smallest absolute Gasteiger partial charge is 0.237 e. The van der Waals surface area contributed by atoms with Crippen molar-refractivity contribution < 1.29 is 9.21 Å². The van der Waals surface area contributed by atoms with E-state index in [0.717, 1.165) is 18.1 Å². The molecule has 1 aromatic heterocycles. The van der Waals surface area contributed by atoms with Gasteiger partial charge in [0.1, 0.15) is 5.76 Å². The van der Waals surface area contributed by atoms with Crippen molar-refractivity contribution in [3.8, 4) is 0 Å². The monoisotopic (exact) mass is 280 g/mol. The van der Waals surface area contributed by atoms with E-state index >= 15 is 0 Å². The fourth-order valence-electron chi connectivity index (χ4n) is 2.16. The third-order valence-electron chi connectivity index (χ3n) is 3.36. The summed E-state index contributed by atoms with van der Waals surface area (Å²) in [5.74, 6) is 1.53. The molecule has 1 aromatic rings. The summed E-state index contributed by atoms with van der Waals surface area (Å²) in [6.07, 6.45) is 5.16. The highest BCUT2D eigenvalue weighted by atomic mass is 16.3. The Morgan fingerprint density at radius 2 is 2.00 bits per heavy atom. The molecule has 0 aliphatic rings. The van der Waals surface area contributed by atoms with Crippen LogP contribution in [0, 0.1) is 5.92 Å². The van der Waals surface area contributed by atoms with Crippen LogP contribution >= 0.6 is 0 Å². The molecule has 1 heterocycles. The van der Waals surface area contributed by atoms with Crippen molar-refractivity contribution in [2.24, 2.45) is 5.92 Å². The lowest BCUT2D eigenvalue weighted by molar-refractivity contribution is -0.123. The molecule has 0 bridgehead atoms. The average Bonchev–Trinajstić information content (AvgIpc) is 2.88. The number of furan rings is 1. The highest BCUT2D eigenvalue weighted by Gasteiger charge is 2.15. The van der Waals surface area contributed by atoms with Crippen LogP contribution in [-0.4, -0.2) is 18.0 Å². The second-order valence-electron chi connectivity index (χ2n) is 5.91. The molecule has 1 rings (SSSR count). The lowest BCUT2D eigenvalue weighted by Gasteiger charge is -2.19. The second kappa shape index (κ2) is 8.80. The molecule has 4 heteroatoms. The van der Waals surface area contributed by atoms with E-state index < -0.39 is 0 Å². The number of amides is 1. The van der Waals surface area contributed by atoms with Crippen LogP contribution in [-0.2, 0) is 11.3 Å². The minimum Gasteiger partial charge on any atom is -0.467 e. The molecule has 0 saturated heterocycles. The predicted octanol–water partition coefficient (Wildman–Crippen LogP) is 3.09. The summed E-state index contributed by atoms with van der Waals surface area (Å²) in [7, 11) is 0. The van der Waals surface area contributed by atoms with Crippen LogP contribution in [0.4, 0.5) is 0 Å². The van der Waals surface area contributed by atoms with Crippen molar-refractivity contribution in [1.82, 2.24) is 10.6 Å². The first-order valence-corrected chi connectivity index (χ1v) is 7.55. The van der Waals surface area contributed by atoms with E-state index in [1.165, 1.54) is 12.8 Å². The molecular weight excluding hydrogens is 252 g/mol. The van der Waals surface area contributed by atoms with E-state index in [1.54, 1.807) is 6.26 Å². The molecule has 0 fully saturated rings. The zero-order valence-corrected chi connectivity index (χ0v) is 13.1. The van der Waals surface area contributed by atoms with Gasteiger partial charge in [0.05, 0.1) is 18.8 Å². The first-order chi connectivity index (χ1) is 9.49. The number of carbonyl (C=O) groups is 1. The quantitative estimate of drug-likeness (QED) is 0.731. The molecule has 0 aromatic carbocycles. The molecule has 0 aliphatic heterocycles. The van der Waals surface area contributed by atoms with Crippen molar-refractivity contribution in [2.45, 2.75) is 65.6 Å². The van der Waals surface area contributed by atoms with Gasteiger partial charge in [-0.15, -0.1) is 0 Å². The Bertz CT molecular complexity index is 374. The average molecular weight is 280 g/mol. The van der Waals surface area contributed by atoms with Gasteiger partial charge in [-0.3, -0.25) is 4.79 Å². The van der Waals surface area contributed by atoms with E-state index in [-0.39, 0.29) is 11.9 Å². The molecule has 4 nitrogen and oxygen atoms in total. The van der Waals surface area contributed by atoms with E-state index in [2.05, 4.69) is 31.4 Å². The van der Waals surface area contributed by atoms with Crippen LogP contribution in [0.3, 0.4) is 0 Å². The van der Waals surface area contributed by atoms with Gasteiger partial charge in [-0.05, 0) is 38.3 Å². The maximum Gasteiger partial charge on any atom is 0.237 e. The maximum atomic E-state index is 11.9. The fraction of sp³-hybridized carbons (Fsp3) is 0.688. The second-order valence-corrected chi connectivity index (χ2v) is 5.91. The summed E-state index contributed by atoms with van der Waals surface area (Å²) < 4.78 is 5.19. The highest BCUT2D eigenvalue weighted by molar-refractivity contribution is 5.81. The first kappa shape index (κ1) is 16.8. The first-order valence-electron chi connectivity index (χ1n) is 7.55.